The number of primary amides is 1. The number of nitrogens with two attached hydrogens (primary N) is 2. The van der Waals surface area contributed by atoms with Crippen LogP contribution in [0.3, 0.4) is 0 Å². The molecule has 0 aliphatic carbocycles. The number of phenols is 1. The monoisotopic (exact) mass is 532 g/mol. The largest absolute Gasteiger partial charge is 0.508 e. The third-order valence-electron chi connectivity index (χ3n) is 7.27. The third-order valence-corrected chi connectivity index (χ3v) is 7.27. The summed E-state index contributed by atoms with van der Waals surface area (Å²) in [5.74, 6) is -1.93. The zero-order valence-electron chi connectivity index (χ0n) is 22.0. The summed E-state index contributed by atoms with van der Waals surface area (Å²) in [7, 11) is 0. The van der Waals surface area contributed by atoms with Gasteiger partial charge in [-0.05, 0) is 77.9 Å². The van der Waals surface area contributed by atoms with Crippen molar-refractivity contribution in [3.63, 3.8) is 0 Å². The number of carbonyl (C=O) groups is 3. The van der Waals surface area contributed by atoms with Crippen LogP contribution in [0.2, 0.25) is 0 Å². The first kappa shape index (κ1) is 27.8. The third kappa shape index (κ3) is 6.43. The van der Waals surface area contributed by atoms with Gasteiger partial charge in [0.1, 0.15) is 23.7 Å². The summed E-state index contributed by atoms with van der Waals surface area (Å²) in [6, 6.07) is 13.5. The summed E-state index contributed by atoms with van der Waals surface area (Å²) in [6.07, 6.45) is 0.565. The maximum atomic E-state index is 13.7. The lowest BCUT2D eigenvalue weighted by molar-refractivity contribution is -0.143. The van der Waals surface area contributed by atoms with E-state index in [1.807, 2.05) is 38.1 Å². The van der Waals surface area contributed by atoms with Crippen LogP contribution in [0.25, 0.3) is 0 Å². The number of aryl methyl sites for hydroxylation is 2. The second-order valence-corrected chi connectivity index (χ2v) is 10.1. The molecular weight excluding hydrogens is 499 g/mol. The molecule has 3 atom stereocenters. The fourth-order valence-electron chi connectivity index (χ4n) is 5.15. The maximum Gasteiger partial charge on any atom is 0.243 e. The van der Waals surface area contributed by atoms with Gasteiger partial charge in [0.05, 0.1) is 6.04 Å². The molecule has 9 heteroatoms. The number of amides is 3. The summed E-state index contributed by atoms with van der Waals surface area (Å²) in [5.41, 5.74) is 17.0. The molecule has 6 N–H and O–H groups in total. The number of rotatable bonds is 8. The van der Waals surface area contributed by atoms with Gasteiger partial charge in [0.2, 0.25) is 17.7 Å². The lowest BCUT2D eigenvalue weighted by atomic mass is 9.91. The fourth-order valence-corrected chi connectivity index (χ4v) is 5.15. The van der Waals surface area contributed by atoms with Crippen molar-refractivity contribution >= 4 is 17.7 Å². The highest BCUT2D eigenvalue weighted by Gasteiger charge is 2.38. The van der Waals surface area contributed by atoms with Crippen LogP contribution in [-0.2, 0) is 40.2 Å². The molecule has 0 saturated heterocycles. The van der Waals surface area contributed by atoms with E-state index >= 15 is 0 Å². The van der Waals surface area contributed by atoms with Gasteiger partial charge in [-0.1, -0.05) is 36.4 Å². The summed E-state index contributed by atoms with van der Waals surface area (Å²) in [4.78, 5) is 40.9. The number of fused-ring (bicyclic) bond motifs is 1. The number of hydrogen-bond acceptors (Lipinski definition) is 5. The lowest BCUT2D eigenvalue weighted by Gasteiger charge is -2.38. The average Bonchev–Trinajstić information content (AvgIpc) is 2.90. The molecule has 0 fully saturated rings. The first-order valence-corrected chi connectivity index (χ1v) is 12.8. The van der Waals surface area contributed by atoms with E-state index in [0.717, 1.165) is 27.8 Å². The number of benzene rings is 3. The van der Waals surface area contributed by atoms with E-state index < -0.39 is 41.7 Å². The first-order valence-electron chi connectivity index (χ1n) is 12.8. The van der Waals surface area contributed by atoms with E-state index in [4.69, 9.17) is 11.5 Å². The van der Waals surface area contributed by atoms with Crippen molar-refractivity contribution < 1.29 is 23.9 Å². The Morgan fingerprint density at radius 1 is 1.03 bits per heavy atom. The molecule has 0 unspecified atom stereocenters. The van der Waals surface area contributed by atoms with Crippen LogP contribution in [0.1, 0.15) is 33.4 Å². The Hall–Kier alpha value is -4.24. The van der Waals surface area contributed by atoms with Crippen LogP contribution in [0.4, 0.5) is 4.39 Å². The first-order chi connectivity index (χ1) is 18.5. The maximum absolute atomic E-state index is 13.7. The van der Waals surface area contributed by atoms with E-state index in [2.05, 4.69) is 5.32 Å². The highest BCUT2D eigenvalue weighted by molar-refractivity contribution is 5.93. The van der Waals surface area contributed by atoms with Crippen LogP contribution in [0.15, 0.2) is 60.7 Å². The Kier molecular flexibility index (Phi) is 8.30. The van der Waals surface area contributed by atoms with Crippen molar-refractivity contribution in [2.75, 3.05) is 0 Å². The van der Waals surface area contributed by atoms with Gasteiger partial charge in [-0.25, -0.2) is 4.39 Å². The van der Waals surface area contributed by atoms with Crippen LogP contribution in [0.5, 0.6) is 5.75 Å². The topological polar surface area (TPSA) is 139 Å². The fraction of sp³-hybridized carbons (Fsp3) is 0.300. The van der Waals surface area contributed by atoms with Crippen molar-refractivity contribution in [1.29, 1.82) is 0 Å². The van der Waals surface area contributed by atoms with E-state index in [1.165, 1.54) is 29.2 Å². The van der Waals surface area contributed by atoms with Crippen LogP contribution >= 0.6 is 0 Å². The molecule has 1 aliphatic heterocycles. The van der Waals surface area contributed by atoms with Crippen molar-refractivity contribution in [3.05, 3.63) is 99.9 Å². The lowest BCUT2D eigenvalue weighted by Crippen LogP contribution is -2.59. The van der Waals surface area contributed by atoms with Crippen LogP contribution in [0, 0.1) is 19.7 Å². The molecule has 204 valence electrons. The predicted molar refractivity (Wildman–Crippen MR) is 145 cm³/mol. The van der Waals surface area contributed by atoms with Crippen molar-refractivity contribution in [2.24, 2.45) is 11.5 Å². The van der Waals surface area contributed by atoms with Gasteiger partial charge in [0.15, 0.2) is 0 Å². The molecule has 3 aromatic rings. The van der Waals surface area contributed by atoms with Gasteiger partial charge >= 0.3 is 0 Å². The van der Waals surface area contributed by atoms with Crippen LogP contribution < -0.4 is 16.8 Å². The molecule has 0 bridgehead atoms. The van der Waals surface area contributed by atoms with E-state index in [9.17, 15) is 23.9 Å². The average molecular weight is 533 g/mol. The number of aromatic hydroxyl groups is 1. The van der Waals surface area contributed by atoms with Gasteiger partial charge in [0.25, 0.3) is 0 Å². The quantitative estimate of drug-likeness (QED) is 0.352. The summed E-state index contributed by atoms with van der Waals surface area (Å²) < 4.78 is 13.3. The Morgan fingerprint density at radius 2 is 1.64 bits per heavy atom. The van der Waals surface area contributed by atoms with Crippen molar-refractivity contribution in [3.8, 4) is 5.75 Å². The molecule has 39 heavy (non-hydrogen) atoms. The minimum Gasteiger partial charge on any atom is -0.508 e. The molecule has 0 radical (unpaired) electrons. The van der Waals surface area contributed by atoms with E-state index in [0.29, 0.717) is 5.56 Å². The minimum absolute atomic E-state index is 0.0809. The van der Waals surface area contributed by atoms with Gasteiger partial charge in [-0.2, -0.15) is 0 Å². The van der Waals surface area contributed by atoms with Crippen molar-refractivity contribution in [1.82, 2.24) is 10.2 Å². The van der Waals surface area contributed by atoms with E-state index in [-0.39, 0.29) is 31.6 Å². The number of phenolic OH excluding ortho intramolecular Hbond substituents is 1. The molecule has 0 spiro atoms. The Morgan fingerprint density at radius 3 is 2.26 bits per heavy atom. The number of hydrogen-bond donors (Lipinski definition) is 4. The number of carbonyl (C=O) groups excluding carboxylic acids is 3. The summed E-state index contributed by atoms with van der Waals surface area (Å²) >= 11 is 0. The normalized spacial score (nSPS) is 16.2. The van der Waals surface area contributed by atoms with Gasteiger partial charge < -0.3 is 26.8 Å². The zero-order chi connectivity index (χ0) is 28.3. The van der Waals surface area contributed by atoms with Gasteiger partial charge in [-0.15, -0.1) is 0 Å². The van der Waals surface area contributed by atoms with Gasteiger partial charge in [-0.3, -0.25) is 14.4 Å². The molecule has 3 amide bonds. The second kappa shape index (κ2) is 11.7. The highest BCUT2D eigenvalue weighted by atomic mass is 19.1. The molecular formula is C30H33FN4O4. The second-order valence-electron chi connectivity index (χ2n) is 10.1. The predicted octanol–water partition coefficient (Wildman–Crippen LogP) is 2.18. The zero-order valence-corrected chi connectivity index (χ0v) is 22.0. The Balaban J connectivity index is 1.57. The molecule has 4 rings (SSSR count). The highest BCUT2D eigenvalue weighted by Crippen LogP contribution is 2.26. The van der Waals surface area contributed by atoms with Crippen LogP contribution in [-0.4, -0.2) is 45.9 Å². The number of nitrogens with one attached hydrogen (secondary N) is 1. The molecule has 1 aliphatic rings. The molecule has 3 aromatic carbocycles. The summed E-state index contributed by atoms with van der Waals surface area (Å²) in [6.45, 7) is 3.88. The van der Waals surface area contributed by atoms with Crippen molar-refractivity contribution in [2.45, 2.75) is 57.8 Å². The Bertz CT molecular complexity index is 1370. The Labute approximate surface area is 226 Å². The molecule has 0 saturated carbocycles. The molecule has 1 heterocycles. The summed E-state index contributed by atoms with van der Waals surface area (Å²) in [5, 5.41) is 12.6. The van der Waals surface area contributed by atoms with Gasteiger partial charge in [0, 0.05) is 19.4 Å². The SMILES string of the molecule is Cc1cc(O)cc(C)c1C[C@H](N)C(=O)N1Cc2ccccc2C[C@@H]1C(=O)N[C@@H](Cc1ccc(F)cc1)C(N)=O. The smallest absolute Gasteiger partial charge is 0.243 e. The number of halogens is 1. The standard InChI is InChI=1S/C30H33FN4O4/c1-17-11-23(36)12-18(2)24(17)15-25(32)30(39)35-16-21-6-4-3-5-20(21)14-27(35)29(38)34-26(28(33)37)13-19-7-9-22(31)10-8-19/h3-12,25-27,36H,13-16,32H2,1-2H3,(H2,33,37)(H,34,38)/t25-,26-,27+/m0/s1. The minimum atomic E-state index is -1.05. The van der Waals surface area contributed by atoms with E-state index in [1.54, 1.807) is 12.1 Å². The number of nitrogens with zero attached hydrogens (tertiary/aromatic N) is 1. The molecule has 8 nitrogen and oxygen atoms in total. The molecule has 0 aromatic heterocycles.